The Hall–Kier alpha value is -0.900. The van der Waals surface area contributed by atoms with Crippen molar-refractivity contribution in [2.75, 3.05) is 52.6 Å². The molecule has 2 aliphatic heterocycles. The lowest BCUT2D eigenvalue weighted by atomic mass is 10.0. The third kappa shape index (κ3) is 10.8. The number of likely N-dealkylation sites (tertiary alicyclic amines) is 1. The molecule has 0 unspecified atom stereocenters. The second kappa shape index (κ2) is 16.7. The van der Waals surface area contributed by atoms with Crippen LogP contribution in [0.3, 0.4) is 0 Å². The molecule has 6 nitrogen and oxygen atoms in total. The average Bonchev–Trinajstić information content (AvgIpc) is 2.82. The maximum Gasteiger partial charge on any atom is 0.191 e. The molecule has 0 saturated carbocycles. The topological polar surface area (TPSA) is 58.1 Å². The maximum atomic E-state index is 5.85. The highest BCUT2D eigenvalue weighted by Gasteiger charge is 2.13. The van der Waals surface area contributed by atoms with Crippen molar-refractivity contribution < 1.29 is 9.47 Å². The predicted octanol–water partition coefficient (Wildman–Crippen LogP) is 4.18. The van der Waals surface area contributed by atoms with Gasteiger partial charge in [0.2, 0.25) is 0 Å². The first-order valence-corrected chi connectivity index (χ1v) is 12.3. The van der Waals surface area contributed by atoms with Gasteiger partial charge in [-0.05, 0) is 69.2 Å². The molecule has 0 radical (unpaired) electrons. The number of nitrogens with zero attached hydrogens (tertiary/aromatic N) is 2. The van der Waals surface area contributed by atoms with Crippen molar-refractivity contribution in [3.05, 3.63) is 35.4 Å². The molecule has 7 heteroatoms. The lowest BCUT2D eigenvalue weighted by Gasteiger charge is -2.26. The van der Waals surface area contributed by atoms with Crippen molar-refractivity contribution in [3.63, 3.8) is 0 Å². The average molecular weight is 559 g/mol. The minimum Gasteiger partial charge on any atom is -0.381 e. The van der Waals surface area contributed by atoms with E-state index in [2.05, 4.69) is 46.7 Å². The number of ether oxygens (including phenoxy) is 2. The van der Waals surface area contributed by atoms with E-state index in [1.165, 1.54) is 43.5 Å². The largest absolute Gasteiger partial charge is 0.381 e. The van der Waals surface area contributed by atoms with Gasteiger partial charge >= 0.3 is 0 Å². The third-order valence-electron chi connectivity index (χ3n) is 6.09. The summed E-state index contributed by atoms with van der Waals surface area (Å²) in [5.74, 6) is 1.55. The number of hydrogen-bond acceptors (Lipinski definition) is 4. The number of piperidine rings is 1. The molecule has 0 amide bonds. The van der Waals surface area contributed by atoms with Gasteiger partial charge in [0, 0.05) is 46.1 Å². The summed E-state index contributed by atoms with van der Waals surface area (Å²) in [5.41, 5.74) is 2.65. The molecule has 0 bridgehead atoms. The van der Waals surface area contributed by atoms with E-state index in [0.717, 1.165) is 71.3 Å². The van der Waals surface area contributed by atoms with Crippen LogP contribution in [0.2, 0.25) is 0 Å². The molecule has 2 heterocycles. The third-order valence-corrected chi connectivity index (χ3v) is 6.09. The number of hydrogen-bond donors (Lipinski definition) is 2. The zero-order valence-electron chi connectivity index (χ0n) is 19.8. The summed E-state index contributed by atoms with van der Waals surface area (Å²) in [7, 11) is 0. The Balaban J connectivity index is 0.00000363. The van der Waals surface area contributed by atoms with E-state index in [-0.39, 0.29) is 24.0 Å². The molecule has 32 heavy (non-hydrogen) atoms. The summed E-state index contributed by atoms with van der Waals surface area (Å²) in [4.78, 5) is 7.32. The van der Waals surface area contributed by atoms with Crippen molar-refractivity contribution in [3.8, 4) is 0 Å². The monoisotopic (exact) mass is 558 g/mol. The van der Waals surface area contributed by atoms with Gasteiger partial charge in [-0.25, -0.2) is 4.99 Å². The Morgan fingerprint density at radius 2 is 1.78 bits per heavy atom. The van der Waals surface area contributed by atoms with Crippen LogP contribution < -0.4 is 10.6 Å². The Kier molecular flexibility index (Phi) is 14.2. The summed E-state index contributed by atoms with van der Waals surface area (Å²) in [6.07, 6.45) is 7.32. The number of halogens is 1. The van der Waals surface area contributed by atoms with Gasteiger partial charge < -0.3 is 20.1 Å². The van der Waals surface area contributed by atoms with Crippen LogP contribution in [0.1, 0.15) is 56.6 Å². The molecule has 0 aliphatic carbocycles. The van der Waals surface area contributed by atoms with Crippen LogP contribution in [0, 0.1) is 5.92 Å². The summed E-state index contributed by atoms with van der Waals surface area (Å²) < 4.78 is 11.2. The maximum absolute atomic E-state index is 5.85. The van der Waals surface area contributed by atoms with E-state index in [9.17, 15) is 0 Å². The minimum absolute atomic E-state index is 0. The van der Waals surface area contributed by atoms with E-state index in [1.54, 1.807) is 0 Å². The van der Waals surface area contributed by atoms with Crippen LogP contribution >= 0.6 is 24.0 Å². The number of guanidine groups is 1. The number of nitrogens with one attached hydrogen (secondary N) is 2. The standard InChI is InChI=1S/C25H42N4O2.HI/c1-2-26-25(27-13-6-16-31-21-24-11-17-30-18-12-24)28-19-22-7-9-23(10-8-22)20-29-14-4-3-5-15-29;/h7-10,24H,2-6,11-21H2,1H3,(H2,26,27,28);1H. The summed E-state index contributed by atoms with van der Waals surface area (Å²) in [6.45, 7) is 11.5. The molecule has 2 aliphatic rings. The number of rotatable bonds is 11. The van der Waals surface area contributed by atoms with Crippen LogP contribution in [-0.2, 0) is 22.6 Å². The van der Waals surface area contributed by atoms with Gasteiger partial charge in [-0.15, -0.1) is 24.0 Å². The Morgan fingerprint density at radius 1 is 1.06 bits per heavy atom. The molecule has 2 fully saturated rings. The SMILES string of the molecule is CCNC(=NCc1ccc(CN2CCCCC2)cc1)NCCCOCC1CCOCC1.I. The first kappa shape index (κ1) is 27.3. The molecule has 3 rings (SSSR count). The van der Waals surface area contributed by atoms with Gasteiger partial charge in [-0.1, -0.05) is 30.7 Å². The van der Waals surface area contributed by atoms with E-state index < -0.39 is 0 Å². The second-order valence-electron chi connectivity index (χ2n) is 8.76. The van der Waals surface area contributed by atoms with Crippen LogP contribution in [0.15, 0.2) is 29.3 Å². The summed E-state index contributed by atoms with van der Waals surface area (Å²) in [5, 5.41) is 6.77. The molecular weight excluding hydrogens is 515 g/mol. The molecule has 0 aromatic heterocycles. The Labute approximate surface area is 211 Å². The zero-order chi connectivity index (χ0) is 21.6. The highest BCUT2D eigenvalue weighted by atomic mass is 127. The van der Waals surface area contributed by atoms with Gasteiger partial charge in [0.25, 0.3) is 0 Å². The van der Waals surface area contributed by atoms with Crippen LogP contribution in [-0.4, -0.2) is 63.5 Å². The van der Waals surface area contributed by atoms with E-state index in [1.807, 2.05) is 0 Å². The molecule has 182 valence electrons. The predicted molar refractivity (Wildman–Crippen MR) is 143 cm³/mol. The number of benzene rings is 1. The zero-order valence-corrected chi connectivity index (χ0v) is 22.1. The van der Waals surface area contributed by atoms with Crippen molar-refractivity contribution >= 4 is 29.9 Å². The molecule has 0 atom stereocenters. The fourth-order valence-corrected chi connectivity index (χ4v) is 4.18. The van der Waals surface area contributed by atoms with E-state index in [0.29, 0.717) is 12.5 Å². The van der Waals surface area contributed by atoms with Gasteiger partial charge in [0.15, 0.2) is 5.96 Å². The molecular formula is C25H43IN4O2. The van der Waals surface area contributed by atoms with E-state index >= 15 is 0 Å². The van der Waals surface area contributed by atoms with Crippen LogP contribution in [0.4, 0.5) is 0 Å². The Bertz CT molecular complexity index is 629. The quantitative estimate of drug-likeness (QED) is 0.185. The highest BCUT2D eigenvalue weighted by molar-refractivity contribution is 14.0. The van der Waals surface area contributed by atoms with Gasteiger partial charge in [-0.2, -0.15) is 0 Å². The van der Waals surface area contributed by atoms with E-state index in [4.69, 9.17) is 14.5 Å². The first-order valence-electron chi connectivity index (χ1n) is 12.3. The van der Waals surface area contributed by atoms with Gasteiger partial charge in [-0.3, -0.25) is 4.90 Å². The summed E-state index contributed by atoms with van der Waals surface area (Å²) in [6, 6.07) is 8.96. The second-order valence-corrected chi connectivity index (χ2v) is 8.76. The van der Waals surface area contributed by atoms with Gasteiger partial charge in [0.1, 0.15) is 0 Å². The normalized spacial score (nSPS) is 18.2. The molecule has 1 aromatic rings. The van der Waals surface area contributed by atoms with Crippen LogP contribution in [0.5, 0.6) is 0 Å². The van der Waals surface area contributed by atoms with Crippen LogP contribution in [0.25, 0.3) is 0 Å². The minimum atomic E-state index is 0. The Morgan fingerprint density at radius 3 is 2.50 bits per heavy atom. The van der Waals surface area contributed by atoms with Crippen molar-refractivity contribution in [1.82, 2.24) is 15.5 Å². The van der Waals surface area contributed by atoms with Crippen molar-refractivity contribution in [1.29, 1.82) is 0 Å². The molecule has 2 N–H and O–H groups in total. The van der Waals surface area contributed by atoms with Crippen molar-refractivity contribution in [2.45, 2.75) is 58.5 Å². The lowest BCUT2D eigenvalue weighted by Crippen LogP contribution is -2.38. The van der Waals surface area contributed by atoms with Crippen molar-refractivity contribution in [2.24, 2.45) is 10.9 Å². The summed E-state index contributed by atoms with van der Waals surface area (Å²) >= 11 is 0. The molecule has 0 spiro atoms. The number of aliphatic imine (C=N–C) groups is 1. The smallest absolute Gasteiger partial charge is 0.191 e. The molecule has 2 saturated heterocycles. The first-order chi connectivity index (χ1) is 15.3. The molecule has 1 aromatic carbocycles. The fourth-order valence-electron chi connectivity index (χ4n) is 4.18. The van der Waals surface area contributed by atoms with Gasteiger partial charge in [0.05, 0.1) is 6.54 Å². The lowest BCUT2D eigenvalue weighted by molar-refractivity contribution is 0.0203. The highest BCUT2D eigenvalue weighted by Crippen LogP contribution is 2.15. The fraction of sp³-hybridized carbons (Fsp3) is 0.720.